The van der Waals surface area contributed by atoms with Crippen LogP contribution in [0.15, 0.2) is 29.2 Å². The highest BCUT2D eigenvalue weighted by Crippen LogP contribution is 2.17. The second kappa shape index (κ2) is 5.26. The molecule has 0 unspecified atom stereocenters. The van der Waals surface area contributed by atoms with Crippen molar-refractivity contribution >= 4 is 34.8 Å². The van der Waals surface area contributed by atoms with Crippen LogP contribution < -0.4 is 5.56 Å². The van der Waals surface area contributed by atoms with Crippen LogP contribution in [0.3, 0.4) is 0 Å². The van der Waals surface area contributed by atoms with Gasteiger partial charge in [0.05, 0.1) is 22.8 Å². The van der Waals surface area contributed by atoms with E-state index in [1.54, 1.807) is 6.07 Å². The summed E-state index contributed by atoms with van der Waals surface area (Å²) < 4.78 is 14.3. The highest BCUT2D eigenvalue weighted by Gasteiger charge is 2.08. The highest BCUT2D eigenvalue weighted by atomic mass is 35.5. The lowest BCUT2D eigenvalue weighted by atomic mass is 10.2. The van der Waals surface area contributed by atoms with Gasteiger partial charge in [-0.1, -0.05) is 40.9 Å². The van der Waals surface area contributed by atoms with Gasteiger partial charge in [0.15, 0.2) is 0 Å². The monoisotopic (exact) mass is 306 g/mol. The Bertz CT molecular complexity index is 657. The van der Waals surface area contributed by atoms with E-state index in [1.165, 1.54) is 18.3 Å². The molecule has 0 spiro atoms. The third-order valence-electron chi connectivity index (χ3n) is 2.26. The average Bonchev–Trinajstić information content (AvgIpc) is 2.34. The molecular weight excluding hydrogens is 301 g/mol. The zero-order chi connectivity index (χ0) is 13.3. The maximum Gasteiger partial charge on any atom is 0.287 e. The summed E-state index contributed by atoms with van der Waals surface area (Å²) in [6.45, 7) is 0.0871. The molecule has 1 aromatic heterocycles. The summed E-state index contributed by atoms with van der Waals surface area (Å²) in [5, 5.41) is 3.81. The molecule has 0 aliphatic rings. The van der Waals surface area contributed by atoms with Gasteiger partial charge in [0, 0.05) is 0 Å². The molecule has 0 N–H and O–H groups in total. The van der Waals surface area contributed by atoms with Crippen molar-refractivity contribution in [1.82, 2.24) is 9.78 Å². The van der Waals surface area contributed by atoms with E-state index >= 15 is 0 Å². The van der Waals surface area contributed by atoms with Crippen LogP contribution in [-0.2, 0) is 6.54 Å². The smallest absolute Gasteiger partial charge is 0.266 e. The first-order valence-corrected chi connectivity index (χ1v) is 5.97. The maximum atomic E-state index is 13.2. The van der Waals surface area contributed by atoms with Crippen molar-refractivity contribution in [1.29, 1.82) is 0 Å². The van der Waals surface area contributed by atoms with E-state index < -0.39 is 11.4 Å². The third-order valence-corrected chi connectivity index (χ3v) is 3.31. The van der Waals surface area contributed by atoms with Crippen molar-refractivity contribution in [2.24, 2.45) is 0 Å². The van der Waals surface area contributed by atoms with E-state index in [-0.39, 0.29) is 21.6 Å². The molecule has 18 heavy (non-hydrogen) atoms. The molecule has 2 aromatic rings. The fourth-order valence-electron chi connectivity index (χ4n) is 1.37. The second-order valence-corrected chi connectivity index (χ2v) is 4.71. The Labute approximate surface area is 117 Å². The minimum Gasteiger partial charge on any atom is -0.266 e. The van der Waals surface area contributed by atoms with Crippen molar-refractivity contribution in [3.05, 3.63) is 61.2 Å². The Hall–Kier alpha value is -1.10. The summed E-state index contributed by atoms with van der Waals surface area (Å²) >= 11 is 16.9. The van der Waals surface area contributed by atoms with Gasteiger partial charge < -0.3 is 0 Å². The first-order valence-electron chi connectivity index (χ1n) is 4.84. The van der Waals surface area contributed by atoms with Crippen LogP contribution in [0.5, 0.6) is 0 Å². The number of aromatic nitrogens is 2. The summed E-state index contributed by atoms with van der Waals surface area (Å²) in [6.07, 6.45) is 1.26. The summed E-state index contributed by atoms with van der Waals surface area (Å²) in [4.78, 5) is 11.7. The SMILES string of the molecule is O=c1c(Cl)c(Cl)cnn1Cc1ccc(Cl)c(F)c1. The van der Waals surface area contributed by atoms with E-state index in [0.29, 0.717) is 5.56 Å². The Balaban J connectivity index is 2.37. The van der Waals surface area contributed by atoms with E-state index in [9.17, 15) is 9.18 Å². The summed E-state index contributed by atoms with van der Waals surface area (Å²) in [7, 11) is 0. The van der Waals surface area contributed by atoms with Gasteiger partial charge in [-0.15, -0.1) is 0 Å². The zero-order valence-corrected chi connectivity index (χ0v) is 11.1. The number of benzene rings is 1. The number of hydrogen-bond donors (Lipinski definition) is 0. The van der Waals surface area contributed by atoms with Crippen LogP contribution in [0.4, 0.5) is 4.39 Å². The molecular formula is C11H6Cl3FN2O. The zero-order valence-electron chi connectivity index (χ0n) is 8.83. The summed E-state index contributed by atoms with van der Waals surface area (Å²) in [6, 6.07) is 4.25. The van der Waals surface area contributed by atoms with Gasteiger partial charge in [0.1, 0.15) is 10.8 Å². The normalized spacial score (nSPS) is 10.7. The molecule has 0 radical (unpaired) electrons. The average molecular weight is 308 g/mol. The van der Waals surface area contributed by atoms with E-state index in [2.05, 4.69) is 5.10 Å². The minimum atomic E-state index is -0.553. The van der Waals surface area contributed by atoms with Gasteiger partial charge in [-0.25, -0.2) is 9.07 Å². The Morgan fingerprint density at radius 3 is 2.61 bits per heavy atom. The van der Waals surface area contributed by atoms with Crippen molar-refractivity contribution in [3.8, 4) is 0 Å². The molecule has 0 aliphatic carbocycles. The van der Waals surface area contributed by atoms with Gasteiger partial charge in [-0.2, -0.15) is 5.10 Å². The lowest BCUT2D eigenvalue weighted by molar-refractivity contribution is 0.611. The molecule has 2 rings (SSSR count). The lowest BCUT2D eigenvalue weighted by Gasteiger charge is -2.06. The van der Waals surface area contributed by atoms with Crippen LogP contribution in [0.25, 0.3) is 0 Å². The van der Waals surface area contributed by atoms with Gasteiger partial charge in [0.2, 0.25) is 0 Å². The van der Waals surface area contributed by atoms with E-state index in [0.717, 1.165) is 4.68 Å². The molecule has 0 saturated carbocycles. The van der Waals surface area contributed by atoms with Crippen LogP contribution in [0.1, 0.15) is 5.56 Å². The molecule has 0 aliphatic heterocycles. The second-order valence-electron chi connectivity index (χ2n) is 3.52. The largest absolute Gasteiger partial charge is 0.287 e. The Morgan fingerprint density at radius 1 is 1.22 bits per heavy atom. The first kappa shape index (κ1) is 13.3. The number of hydrogen-bond acceptors (Lipinski definition) is 2. The minimum absolute atomic E-state index is 0.0215. The molecule has 0 saturated heterocycles. The van der Waals surface area contributed by atoms with Gasteiger partial charge in [-0.05, 0) is 17.7 Å². The maximum absolute atomic E-state index is 13.2. The fourth-order valence-corrected chi connectivity index (χ4v) is 1.76. The highest BCUT2D eigenvalue weighted by molar-refractivity contribution is 6.41. The predicted octanol–water partition coefficient (Wildman–Crippen LogP) is 3.39. The molecule has 0 bridgehead atoms. The molecule has 0 fully saturated rings. The van der Waals surface area contributed by atoms with Crippen molar-refractivity contribution < 1.29 is 4.39 Å². The van der Waals surface area contributed by atoms with Crippen molar-refractivity contribution in [2.75, 3.05) is 0 Å². The Morgan fingerprint density at radius 2 is 1.94 bits per heavy atom. The van der Waals surface area contributed by atoms with Gasteiger partial charge >= 0.3 is 0 Å². The number of rotatable bonds is 2. The van der Waals surface area contributed by atoms with Crippen molar-refractivity contribution in [3.63, 3.8) is 0 Å². The van der Waals surface area contributed by atoms with E-state index in [1.807, 2.05) is 0 Å². The Kier molecular flexibility index (Phi) is 3.90. The molecule has 0 atom stereocenters. The summed E-state index contributed by atoms with van der Waals surface area (Å²) in [5.41, 5.74) is 0.0180. The lowest BCUT2D eigenvalue weighted by Crippen LogP contribution is -2.23. The van der Waals surface area contributed by atoms with Crippen LogP contribution >= 0.6 is 34.8 Å². The van der Waals surface area contributed by atoms with Crippen LogP contribution in [-0.4, -0.2) is 9.78 Å². The predicted molar refractivity (Wildman–Crippen MR) is 69.0 cm³/mol. The molecule has 1 aromatic carbocycles. The molecule has 0 amide bonds. The van der Waals surface area contributed by atoms with Crippen LogP contribution in [0.2, 0.25) is 15.1 Å². The van der Waals surface area contributed by atoms with Gasteiger partial charge in [-0.3, -0.25) is 4.79 Å². The van der Waals surface area contributed by atoms with Crippen molar-refractivity contribution in [2.45, 2.75) is 6.54 Å². The molecule has 1 heterocycles. The first-order chi connectivity index (χ1) is 8.49. The molecule has 7 heteroatoms. The third kappa shape index (κ3) is 2.66. The fraction of sp³-hybridized carbons (Fsp3) is 0.0909. The topological polar surface area (TPSA) is 34.9 Å². The molecule has 3 nitrogen and oxygen atoms in total. The number of halogens is 4. The quantitative estimate of drug-likeness (QED) is 0.852. The van der Waals surface area contributed by atoms with Gasteiger partial charge in [0.25, 0.3) is 5.56 Å². The van der Waals surface area contributed by atoms with Crippen LogP contribution in [0, 0.1) is 5.82 Å². The van der Waals surface area contributed by atoms with E-state index in [4.69, 9.17) is 34.8 Å². The summed E-state index contributed by atoms with van der Waals surface area (Å²) in [5.74, 6) is -0.553. The molecule has 94 valence electrons. The number of nitrogens with zero attached hydrogens (tertiary/aromatic N) is 2. The standard InChI is InChI=1S/C11H6Cl3FN2O/c12-7-2-1-6(3-9(7)15)5-17-11(18)10(14)8(13)4-16-17/h1-4H,5H2.